The summed E-state index contributed by atoms with van der Waals surface area (Å²) in [6.07, 6.45) is 1.52. The Bertz CT molecular complexity index is 1340. The lowest BCUT2D eigenvalue weighted by Gasteiger charge is -2.43. The average Bonchev–Trinajstić information content (AvgIpc) is 3.53. The molecule has 3 saturated heterocycles. The molecule has 1 aromatic heterocycles. The maximum atomic E-state index is 13.9. The van der Waals surface area contributed by atoms with Crippen LogP contribution in [-0.2, 0) is 19.4 Å². The van der Waals surface area contributed by atoms with Gasteiger partial charge in [-0.25, -0.2) is 17.9 Å². The van der Waals surface area contributed by atoms with Crippen LogP contribution in [0.1, 0.15) is 51.8 Å². The first-order chi connectivity index (χ1) is 18.9. The molecule has 12 heteroatoms. The highest BCUT2D eigenvalue weighted by molar-refractivity contribution is 7.92. The van der Waals surface area contributed by atoms with Crippen molar-refractivity contribution in [3.8, 4) is 0 Å². The predicted molar refractivity (Wildman–Crippen MR) is 155 cm³/mol. The number of ether oxygens (including phenoxy) is 1. The Labute approximate surface area is 241 Å². The molecule has 0 saturated carbocycles. The van der Waals surface area contributed by atoms with E-state index >= 15 is 0 Å². The molecule has 0 amide bonds. The average molecular weight is 594 g/mol. The van der Waals surface area contributed by atoms with Crippen molar-refractivity contribution >= 4 is 38.9 Å². The Hall–Kier alpha value is -2.34. The summed E-state index contributed by atoms with van der Waals surface area (Å²) in [5.74, 6) is -0.406. The highest BCUT2D eigenvalue weighted by atomic mass is 35.5. The van der Waals surface area contributed by atoms with Crippen LogP contribution < -0.4 is 9.80 Å². The molecule has 0 radical (unpaired) electrons. The molecule has 4 heterocycles. The van der Waals surface area contributed by atoms with E-state index in [4.69, 9.17) is 16.3 Å². The van der Waals surface area contributed by atoms with Gasteiger partial charge < -0.3 is 19.6 Å². The molecule has 0 spiro atoms. The van der Waals surface area contributed by atoms with Gasteiger partial charge in [-0.1, -0.05) is 11.6 Å². The molecule has 3 aliphatic rings. The van der Waals surface area contributed by atoms with Crippen LogP contribution in [0.15, 0.2) is 29.2 Å². The van der Waals surface area contributed by atoms with Crippen LogP contribution in [0.5, 0.6) is 0 Å². The van der Waals surface area contributed by atoms with Crippen molar-refractivity contribution < 1.29 is 23.1 Å². The summed E-state index contributed by atoms with van der Waals surface area (Å²) >= 11 is 6.62. The van der Waals surface area contributed by atoms with Crippen molar-refractivity contribution in [2.75, 3.05) is 55.7 Å². The molecule has 0 unspecified atom stereocenters. The van der Waals surface area contributed by atoms with Crippen LogP contribution >= 0.6 is 11.6 Å². The van der Waals surface area contributed by atoms with Crippen LogP contribution in [0.2, 0.25) is 5.02 Å². The Morgan fingerprint density at radius 2 is 1.77 bits per heavy atom. The molecule has 40 heavy (non-hydrogen) atoms. The number of hydrogen-bond acceptors (Lipinski definition) is 8. The first kappa shape index (κ1) is 29.2. The number of aryl methyl sites for hydroxylation is 1. The Kier molecular flexibility index (Phi) is 8.13. The Balaban J connectivity index is 1.37. The second-order valence-corrected chi connectivity index (χ2v) is 14.7. The van der Waals surface area contributed by atoms with Crippen molar-refractivity contribution in [1.82, 2.24) is 14.7 Å². The summed E-state index contributed by atoms with van der Waals surface area (Å²) in [5, 5.41) is 14.0. The minimum atomic E-state index is -3.90. The van der Waals surface area contributed by atoms with Gasteiger partial charge in [0.25, 0.3) is 0 Å². The maximum absolute atomic E-state index is 13.9. The number of benzene rings is 1. The number of anilines is 2. The quantitative estimate of drug-likeness (QED) is 0.537. The fourth-order valence-corrected chi connectivity index (χ4v) is 8.40. The summed E-state index contributed by atoms with van der Waals surface area (Å²) in [4.78, 5) is 18.7. The van der Waals surface area contributed by atoms with E-state index in [1.165, 1.54) is 0 Å². The summed E-state index contributed by atoms with van der Waals surface area (Å²) in [6, 6.07) is 6.07. The number of piperazine rings is 1. The zero-order valence-electron chi connectivity index (χ0n) is 23.7. The second-order valence-electron chi connectivity index (χ2n) is 12.1. The maximum Gasteiger partial charge on any atom is 0.326 e. The van der Waals surface area contributed by atoms with Crippen molar-refractivity contribution in [1.29, 1.82) is 0 Å². The van der Waals surface area contributed by atoms with Crippen LogP contribution in [0.3, 0.4) is 0 Å². The fourth-order valence-electron chi connectivity index (χ4n) is 6.16. The number of rotatable bonds is 6. The number of carbonyl (C=O) groups is 1. The molecule has 3 fully saturated rings. The molecule has 1 aromatic carbocycles. The van der Waals surface area contributed by atoms with Crippen LogP contribution in [-0.4, -0.2) is 96.9 Å². The zero-order chi connectivity index (χ0) is 28.8. The third-order valence-electron chi connectivity index (χ3n) is 8.47. The van der Waals surface area contributed by atoms with Gasteiger partial charge in [-0.3, -0.25) is 4.90 Å². The van der Waals surface area contributed by atoms with Crippen LogP contribution in [0.25, 0.3) is 0 Å². The number of sulfone groups is 1. The lowest BCUT2D eigenvalue weighted by atomic mass is 10.0. The highest BCUT2D eigenvalue weighted by Crippen LogP contribution is 2.38. The number of nitrogens with zero attached hydrogens (tertiary/aromatic N) is 5. The Morgan fingerprint density at radius 3 is 2.38 bits per heavy atom. The van der Waals surface area contributed by atoms with Crippen molar-refractivity contribution in [2.45, 2.75) is 74.7 Å². The van der Waals surface area contributed by atoms with Crippen molar-refractivity contribution in [2.24, 2.45) is 0 Å². The second kappa shape index (κ2) is 11.2. The lowest BCUT2D eigenvalue weighted by Crippen LogP contribution is -2.53. The first-order valence-electron chi connectivity index (χ1n) is 14.0. The molecule has 220 valence electrons. The Morgan fingerprint density at radius 1 is 1.10 bits per heavy atom. The van der Waals surface area contributed by atoms with Gasteiger partial charge in [0.15, 0.2) is 9.84 Å². The topological polar surface area (TPSA) is 108 Å². The standard InChI is InChI=1S/C28H40ClN5O5S/c1-19-15-26(34(30-19)20-7-13-39-14-8-20)33-18-22(17-24(33)27(35)36)40(37,38)25-6-5-21(16-23(25)29)31-9-11-32(12-10-31)28(2,3)4/h5-6,15-16,20,22,24H,7-14,17-18H2,1-4H3,(H,35,36)/t22-,24+/m1/s1. The number of aromatic nitrogens is 2. The van der Waals surface area contributed by atoms with E-state index < -0.39 is 27.1 Å². The van der Waals surface area contributed by atoms with Crippen molar-refractivity contribution in [3.63, 3.8) is 0 Å². The number of carboxylic acids is 1. The molecule has 10 nitrogen and oxygen atoms in total. The van der Waals surface area contributed by atoms with E-state index in [-0.39, 0.29) is 34.5 Å². The number of hydrogen-bond donors (Lipinski definition) is 1. The predicted octanol–water partition coefficient (Wildman–Crippen LogP) is 3.62. The van der Waals surface area contributed by atoms with Crippen LogP contribution in [0, 0.1) is 6.92 Å². The van der Waals surface area contributed by atoms with Gasteiger partial charge in [0.1, 0.15) is 11.9 Å². The number of carboxylic acid groups (broad SMARTS) is 1. The first-order valence-corrected chi connectivity index (χ1v) is 16.0. The normalized spacial score (nSPS) is 23.6. The molecule has 2 atom stereocenters. The summed E-state index contributed by atoms with van der Waals surface area (Å²) in [5.41, 5.74) is 1.76. The van der Waals surface area contributed by atoms with Gasteiger partial charge in [-0.2, -0.15) is 5.10 Å². The van der Waals surface area contributed by atoms with Crippen LogP contribution in [0.4, 0.5) is 11.5 Å². The highest BCUT2D eigenvalue weighted by Gasteiger charge is 2.45. The monoisotopic (exact) mass is 593 g/mol. The summed E-state index contributed by atoms with van der Waals surface area (Å²) in [7, 11) is -3.90. The van der Waals surface area contributed by atoms with E-state index in [1.54, 1.807) is 17.0 Å². The van der Waals surface area contributed by atoms with E-state index in [9.17, 15) is 18.3 Å². The summed E-state index contributed by atoms with van der Waals surface area (Å²) in [6.45, 7) is 13.3. The molecular formula is C28H40ClN5O5S. The molecule has 0 bridgehead atoms. The molecule has 3 aliphatic heterocycles. The number of halogens is 1. The van der Waals surface area contributed by atoms with Gasteiger partial charge >= 0.3 is 5.97 Å². The van der Waals surface area contributed by atoms with Crippen molar-refractivity contribution in [3.05, 3.63) is 35.0 Å². The van der Waals surface area contributed by atoms with E-state index in [0.29, 0.717) is 19.0 Å². The minimum absolute atomic E-state index is 0.0253. The van der Waals surface area contributed by atoms with Gasteiger partial charge in [0.05, 0.1) is 26.9 Å². The van der Waals surface area contributed by atoms with E-state index in [0.717, 1.165) is 50.4 Å². The van der Waals surface area contributed by atoms with Gasteiger partial charge in [0, 0.05) is 63.2 Å². The number of aliphatic carboxylic acids is 1. The van der Waals surface area contributed by atoms with Gasteiger partial charge in [-0.15, -0.1) is 0 Å². The largest absolute Gasteiger partial charge is 0.480 e. The smallest absolute Gasteiger partial charge is 0.326 e. The van der Waals surface area contributed by atoms with Gasteiger partial charge in [0.2, 0.25) is 0 Å². The van der Waals surface area contributed by atoms with Gasteiger partial charge in [-0.05, 0) is 65.2 Å². The molecule has 2 aromatic rings. The third kappa shape index (κ3) is 5.70. The fraction of sp³-hybridized carbons (Fsp3) is 0.643. The van der Waals surface area contributed by atoms with E-state index in [1.807, 2.05) is 23.7 Å². The molecule has 5 rings (SSSR count). The zero-order valence-corrected chi connectivity index (χ0v) is 25.3. The summed E-state index contributed by atoms with van der Waals surface area (Å²) < 4.78 is 35.1. The molecule has 0 aliphatic carbocycles. The third-order valence-corrected chi connectivity index (χ3v) is 11.1. The SMILES string of the molecule is Cc1cc(N2C[C@H](S(=O)(=O)c3ccc(N4CCN(C(C)(C)C)CC4)cc3Cl)C[C@H]2C(=O)O)n(C2CCOCC2)n1. The lowest BCUT2D eigenvalue weighted by molar-refractivity contribution is -0.138. The van der Waals surface area contributed by atoms with E-state index in [2.05, 4.69) is 35.7 Å². The molecule has 1 N–H and O–H groups in total. The minimum Gasteiger partial charge on any atom is -0.480 e. The molecular weight excluding hydrogens is 554 g/mol.